The van der Waals surface area contributed by atoms with E-state index in [1.54, 1.807) is 0 Å². The van der Waals surface area contributed by atoms with Gasteiger partial charge < -0.3 is 15.5 Å². The molecule has 0 bridgehead atoms. The van der Waals surface area contributed by atoms with Gasteiger partial charge in [0.25, 0.3) is 0 Å². The van der Waals surface area contributed by atoms with Crippen LogP contribution in [0.1, 0.15) is 25.6 Å². The molecule has 0 radical (unpaired) electrons. The molecule has 1 fully saturated rings. The number of nitrogens with two attached hydrogens (primary N) is 1. The Kier molecular flexibility index (Phi) is 4.00. The Bertz CT molecular complexity index is 474. The third kappa shape index (κ3) is 3.48. The minimum Gasteiger partial charge on any atom is -0.373 e. The molecule has 0 aliphatic carbocycles. The monoisotopic (exact) mass is 291 g/mol. The Labute approximate surface area is 113 Å². The van der Waals surface area contributed by atoms with Gasteiger partial charge in [-0.3, -0.25) is 0 Å². The van der Waals surface area contributed by atoms with Crippen LogP contribution in [0.3, 0.4) is 0 Å². The Morgan fingerprint density at radius 2 is 2.10 bits per heavy atom. The number of anilines is 2. The average Bonchev–Trinajstić information content (AvgIpc) is 2.82. The van der Waals surface area contributed by atoms with Crippen LogP contribution in [0.4, 0.5) is 24.8 Å². The van der Waals surface area contributed by atoms with Crippen molar-refractivity contribution < 1.29 is 17.9 Å². The standard InChI is InChI=1S/C11H16F3N5O/c1-10(3-2-4-20-10)6-16-7-5-8(19-15)18-9(17-7)11(12,13)14/h5H,2-4,6,15H2,1H3,(H2,16,17,18,19). The third-order valence-electron chi connectivity index (χ3n) is 3.07. The van der Waals surface area contributed by atoms with E-state index in [-0.39, 0.29) is 17.2 Å². The summed E-state index contributed by atoms with van der Waals surface area (Å²) < 4.78 is 43.5. The normalized spacial score (nSPS) is 22.9. The van der Waals surface area contributed by atoms with Gasteiger partial charge >= 0.3 is 6.18 Å². The lowest BCUT2D eigenvalue weighted by molar-refractivity contribution is -0.144. The predicted molar refractivity (Wildman–Crippen MR) is 66.9 cm³/mol. The lowest BCUT2D eigenvalue weighted by atomic mass is 10.0. The number of ether oxygens (including phenoxy) is 1. The smallest absolute Gasteiger partial charge is 0.373 e. The fraction of sp³-hybridized carbons (Fsp3) is 0.636. The molecule has 2 heterocycles. The van der Waals surface area contributed by atoms with Crippen LogP contribution in [0, 0.1) is 0 Å². The zero-order valence-corrected chi connectivity index (χ0v) is 10.9. The molecule has 1 aliphatic heterocycles. The molecule has 0 spiro atoms. The summed E-state index contributed by atoms with van der Waals surface area (Å²) in [6.45, 7) is 2.93. The first-order chi connectivity index (χ1) is 9.32. The molecular weight excluding hydrogens is 275 g/mol. The lowest BCUT2D eigenvalue weighted by Gasteiger charge is -2.24. The van der Waals surface area contributed by atoms with Gasteiger partial charge in [0, 0.05) is 19.2 Å². The van der Waals surface area contributed by atoms with E-state index in [1.165, 1.54) is 6.07 Å². The van der Waals surface area contributed by atoms with Crippen molar-refractivity contribution in [1.29, 1.82) is 0 Å². The zero-order valence-electron chi connectivity index (χ0n) is 10.9. The Hall–Kier alpha value is -1.61. The van der Waals surface area contributed by atoms with Gasteiger partial charge in [-0.05, 0) is 19.8 Å². The maximum Gasteiger partial charge on any atom is 0.451 e. The van der Waals surface area contributed by atoms with Gasteiger partial charge in [-0.15, -0.1) is 0 Å². The van der Waals surface area contributed by atoms with Crippen LogP contribution in [0.25, 0.3) is 0 Å². The first kappa shape index (κ1) is 14.8. The number of nitrogens with zero attached hydrogens (tertiary/aromatic N) is 2. The van der Waals surface area contributed by atoms with Crippen LogP contribution >= 0.6 is 0 Å². The van der Waals surface area contributed by atoms with Crippen LogP contribution in [0.5, 0.6) is 0 Å². The highest BCUT2D eigenvalue weighted by Gasteiger charge is 2.36. The number of rotatable bonds is 4. The second-order valence-electron chi connectivity index (χ2n) is 4.86. The number of nitrogens with one attached hydrogen (secondary N) is 2. The lowest BCUT2D eigenvalue weighted by Crippen LogP contribution is -2.33. The first-order valence-corrected chi connectivity index (χ1v) is 6.13. The molecule has 1 atom stereocenters. The Morgan fingerprint density at radius 3 is 2.65 bits per heavy atom. The minimum atomic E-state index is -4.63. The molecule has 0 aromatic carbocycles. The van der Waals surface area contributed by atoms with Crippen molar-refractivity contribution in [3.8, 4) is 0 Å². The van der Waals surface area contributed by atoms with Crippen LogP contribution in [-0.4, -0.2) is 28.7 Å². The second-order valence-corrected chi connectivity index (χ2v) is 4.86. The molecule has 1 aromatic heterocycles. The van der Waals surface area contributed by atoms with Crippen molar-refractivity contribution in [3.05, 3.63) is 11.9 Å². The minimum absolute atomic E-state index is 0.0528. The largest absolute Gasteiger partial charge is 0.451 e. The molecule has 1 aliphatic rings. The van der Waals surface area contributed by atoms with E-state index in [2.05, 4.69) is 20.7 Å². The van der Waals surface area contributed by atoms with Crippen molar-refractivity contribution in [2.24, 2.45) is 5.84 Å². The van der Waals surface area contributed by atoms with E-state index < -0.39 is 12.0 Å². The number of aromatic nitrogens is 2. The topological polar surface area (TPSA) is 85.1 Å². The van der Waals surface area contributed by atoms with E-state index in [4.69, 9.17) is 10.6 Å². The van der Waals surface area contributed by atoms with Crippen molar-refractivity contribution in [1.82, 2.24) is 9.97 Å². The van der Waals surface area contributed by atoms with Gasteiger partial charge in [0.15, 0.2) is 0 Å². The number of hydrogen-bond donors (Lipinski definition) is 3. The van der Waals surface area contributed by atoms with Crippen LogP contribution in [-0.2, 0) is 10.9 Å². The summed E-state index contributed by atoms with van der Waals surface area (Å²) in [7, 11) is 0. The molecule has 9 heteroatoms. The highest BCUT2D eigenvalue weighted by atomic mass is 19.4. The van der Waals surface area contributed by atoms with Crippen LogP contribution < -0.4 is 16.6 Å². The van der Waals surface area contributed by atoms with E-state index >= 15 is 0 Å². The fourth-order valence-electron chi connectivity index (χ4n) is 1.99. The van der Waals surface area contributed by atoms with E-state index in [9.17, 15) is 13.2 Å². The Balaban J connectivity index is 2.14. The highest BCUT2D eigenvalue weighted by Crippen LogP contribution is 2.29. The quantitative estimate of drug-likeness (QED) is 0.579. The maximum absolute atomic E-state index is 12.7. The van der Waals surface area contributed by atoms with Crippen molar-refractivity contribution >= 4 is 11.6 Å². The molecule has 1 unspecified atom stereocenters. The average molecular weight is 291 g/mol. The van der Waals surface area contributed by atoms with Gasteiger partial charge in [0.1, 0.15) is 11.6 Å². The summed E-state index contributed by atoms with van der Waals surface area (Å²) in [5, 5.41) is 2.84. The number of nitrogen functional groups attached to an aromatic ring is 1. The van der Waals surface area contributed by atoms with E-state index in [0.29, 0.717) is 13.2 Å². The van der Waals surface area contributed by atoms with Gasteiger partial charge in [-0.2, -0.15) is 13.2 Å². The summed E-state index contributed by atoms with van der Waals surface area (Å²) in [5.74, 6) is 3.82. The molecule has 112 valence electrons. The number of alkyl halides is 3. The van der Waals surface area contributed by atoms with Gasteiger partial charge in [0.05, 0.1) is 5.60 Å². The molecule has 4 N–H and O–H groups in total. The molecule has 0 saturated carbocycles. The molecule has 1 saturated heterocycles. The maximum atomic E-state index is 12.7. The van der Waals surface area contributed by atoms with Gasteiger partial charge in [-0.25, -0.2) is 15.8 Å². The van der Waals surface area contributed by atoms with Crippen molar-refractivity contribution in [2.75, 3.05) is 23.9 Å². The summed E-state index contributed by atoms with van der Waals surface area (Å²) in [5.41, 5.74) is 1.71. The zero-order chi connectivity index (χ0) is 14.8. The van der Waals surface area contributed by atoms with Gasteiger partial charge in [-0.1, -0.05) is 0 Å². The fourth-order valence-corrected chi connectivity index (χ4v) is 1.99. The van der Waals surface area contributed by atoms with Crippen molar-refractivity contribution in [3.63, 3.8) is 0 Å². The van der Waals surface area contributed by atoms with Gasteiger partial charge in [0.2, 0.25) is 5.82 Å². The summed E-state index contributed by atoms with van der Waals surface area (Å²) in [6, 6.07) is 1.31. The number of hydrazine groups is 1. The highest BCUT2D eigenvalue weighted by molar-refractivity contribution is 5.47. The molecule has 20 heavy (non-hydrogen) atoms. The predicted octanol–water partition coefficient (Wildman–Crippen LogP) is 1.76. The third-order valence-corrected chi connectivity index (χ3v) is 3.07. The van der Waals surface area contributed by atoms with Crippen LogP contribution in [0.15, 0.2) is 6.07 Å². The summed E-state index contributed by atoms with van der Waals surface area (Å²) in [6.07, 6.45) is -2.85. The Morgan fingerprint density at radius 1 is 1.40 bits per heavy atom. The second kappa shape index (κ2) is 5.41. The van der Waals surface area contributed by atoms with E-state index in [1.807, 2.05) is 6.92 Å². The van der Waals surface area contributed by atoms with Crippen molar-refractivity contribution in [2.45, 2.75) is 31.5 Å². The molecular formula is C11H16F3N5O. The van der Waals surface area contributed by atoms with Crippen LogP contribution in [0.2, 0.25) is 0 Å². The molecule has 1 aromatic rings. The SMILES string of the molecule is CC1(CNc2cc(NN)nc(C(F)(F)F)n2)CCCO1. The summed E-state index contributed by atoms with van der Waals surface area (Å²) in [4.78, 5) is 6.72. The first-order valence-electron chi connectivity index (χ1n) is 6.13. The molecule has 6 nitrogen and oxygen atoms in total. The van der Waals surface area contributed by atoms with E-state index in [0.717, 1.165) is 12.8 Å². The molecule has 0 amide bonds. The molecule has 2 rings (SSSR count). The number of hydrogen-bond acceptors (Lipinski definition) is 6. The number of halogens is 3. The summed E-state index contributed by atoms with van der Waals surface area (Å²) >= 11 is 0.